The fourth-order valence-electron chi connectivity index (χ4n) is 4.62. The van der Waals surface area contributed by atoms with Crippen molar-refractivity contribution in [1.29, 1.82) is 0 Å². The Hall–Kier alpha value is -3.81. The highest BCUT2D eigenvalue weighted by Gasteiger charge is 2.41. The SMILES string of the molecule is O=C(OCN1C(=O)c2ccccc2C1=O)c1ccc2c(c1)C(=O)N(C1CCCCC1)C2=O. The van der Waals surface area contributed by atoms with Crippen LogP contribution in [-0.2, 0) is 4.74 Å². The highest BCUT2D eigenvalue weighted by atomic mass is 16.5. The van der Waals surface area contributed by atoms with E-state index >= 15 is 0 Å². The fraction of sp³-hybridized carbons (Fsp3) is 0.292. The highest BCUT2D eigenvalue weighted by Crippen LogP contribution is 2.31. The average molecular weight is 432 g/mol. The molecule has 0 radical (unpaired) electrons. The molecule has 8 heteroatoms. The zero-order chi connectivity index (χ0) is 22.4. The first-order valence-corrected chi connectivity index (χ1v) is 10.6. The average Bonchev–Trinajstić information content (AvgIpc) is 3.22. The van der Waals surface area contributed by atoms with Crippen molar-refractivity contribution in [2.45, 2.75) is 38.1 Å². The van der Waals surface area contributed by atoms with Crippen LogP contribution in [0.1, 0.15) is 83.9 Å². The molecule has 0 N–H and O–H groups in total. The first-order valence-electron chi connectivity index (χ1n) is 10.6. The van der Waals surface area contributed by atoms with Crippen LogP contribution >= 0.6 is 0 Å². The van der Waals surface area contributed by atoms with Gasteiger partial charge in [0.25, 0.3) is 23.6 Å². The van der Waals surface area contributed by atoms with Gasteiger partial charge in [0, 0.05) is 6.04 Å². The van der Waals surface area contributed by atoms with E-state index in [1.165, 1.54) is 23.1 Å². The Balaban J connectivity index is 1.30. The summed E-state index contributed by atoms with van der Waals surface area (Å²) in [5, 5.41) is 0. The molecule has 162 valence electrons. The number of imide groups is 2. The Kier molecular flexibility index (Phi) is 4.84. The Labute approximate surface area is 183 Å². The van der Waals surface area contributed by atoms with E-state index in [1.54, 1.807) is 24.3 Å². The van der Waals surface area contributed by atoms with Crippen molar-refractivity contribution in [1.82, 2.24) is 9.80 Å². The Morgan fingerprint density at radius 1 is 0.781 bits per heavy atom. The van der Waals surface area contributed by atoms with Crippen molar-refractivity contribution in [3.63, 3.8) is 0 Å². The predicted molar refractivity (Wildman–Crippen MR) is 111 cm³/mol. The van der Waals surface area contributed by atoms with Gasteiger partial charge in [-0.1, -0.05) is 31.4 Å². The molecule has 1 aliphatic carbocycles. The van der Waals surface area contributed by atoms with Crippen LogP contribution in [0, 0.1) is 0 Å². The standard InChI is InChI=1S/C24H20N2O6/c27-20-16-8-4-5-9-17(16)21(28)25(20)13-32-24(31)14-10-11-18-19(12-14)23(30)26(22(18)29)15-6-2-1-3-7-15/h4-5,8-12,15H,1-3,6-7,13H2. The van der Waals surface area contributed by atoms with Crippen LogP contribution in [0.25, 0.3) is 0 Å². The second-order valence-electron chi connectivity index (χ2n) is 8.18. The number of ether oxygens (including phenoxy) is 1. The number of rotatable bonds is 4. The molecule has 2 aromatic carbocycles. The van der Waals surface area contributed by atoms with Crippen LogP contribution in [0.5, 0.6) is 0 Å². The number of hydrogen-bond acceptors (Lipinski definition) is 6. The molecule has 32 heavy (non-hydrogen) atoms. The topological polar surface area (TPSA) is 101 Å². The van der Waals surface area contributed by atoms with Gasteiger partial charge in [0.2, 0.25) is 0 Å². The van der Waals surface area contributed by atoms with E-state index < -0.39 is 30.4 Å². The Morgan fingerprint density at radius 3 is 2.03 bits per heavy atom. The minimum atomic E-state index is -0.791. The molecule has 2 aliphatic heterocycles. The maximum absolute atomic E-state index is 12.9. The highest BCUT2D eigenvalue weighted by molar-refractivity contribution is 6.22. The molecule has 4 amide bonds. The summed E-state index contributed by atoms with van der Waals surface area (Å²) in [6.07, 6.45) is 4.64. The van der Waals surface area contributed by atoms with Crippen LogP contribution in [0.3, 0.4) is 0 Å². The number of esters is 1. The molecule has 0 aromatic heterocycles. The molecule has 2 heterocycles. The summed E-state index contributed by atoms with van der Waals surface area (Å²) in [5.74, 6) is -2.58. The quantitative estimate of drug-likeness (QED) is 0.544. The molecule has 0 atom stereocenters. The lowest BCUT2D eigenvalue weighted by Crippen LogP contribution is -2.40. The normalized spacial score (nSPS) is 18.2. The number of fused-ring (bicyclic) bond motifs is 2. The van der Waals surface area contributed by atoms with Crippen molar-refractivity contribution in [2.24, 2.45) is 0 Å². The first kappa shape index (κ1) is 20.1. The summed E-state index contributed by atoms with van der Waals surface area (Å²) >= 11 is 0. The minimum absolute atomic E-state index is 0.0759. The molecule has 1 fully saturated rings. The number of amides is 4. The maximum atomic E-state index is 12.9. The first-order chi connectivity index (χ1) is 15.5. The Bertz CT molecular complexity index is 1150. The predicted octanol–water partition coefficient (Wildman–Crippen LogP) is 3.03. The second kappa shape index (κ2) is 7.71. The van der Waals surface area contributed by atoms with Crippen molar-refractivity contribution >= 4 is 29.6 Å². The number of benzene rings is 2. The van der Waals surface area contributed by atoms with Crippen molar-refractivity contribution in [3.05, 3.63) is 70.3 Å². The minimum Gasteiger partial charge on any atom is -0.440 e. The molecular weight excluding hydrogens is 412 g/mol. The van der Waals surface area contributed by atoms with Crippen molar-refractivity contribution < 1.29 is 28.7 Å². The van der Waals surface area contributed by atoms with Crippen LogP contribution in [0.15, 0.2) is 42.5 Å². The third-order valence-electron chi connectivity index (χ3n) is 6.30. The summed E-state index contributed by atoms with van der Waals surface area (Å²) in [5.41, 5.74) is 1.05. The number of carbonyl (C=O) groups excluding carboxylic acids is 5. The van der Waals surface area contributed by atoms with Gasteiger partial charge in [0.1, 0.15) is 0 Å². The molecule has 2 aromatic rings. The zero-order valence-electron chi connectivity index (χ0n) is 17.2. The van der Waals surface area contributed by atoms with E-state index in [9.17, 15) is 24.0 Å². The van der Waals surface area contributed by atoms with Gasteiger partial charge in [-0.3, -0.25) is 24.1 Å². The van der Waals surface area contributed by atoms with Gasteiger partial charge in [-0.2, -0.15) is 0 Å². The van der Waals surface area contributed by atoms with Gasteiger partial charge in [-0.15, -0.1) is 0 Å². The molecule has 0 bridgehead atoms. The van der Waals surface area contributed by atoms with E-state index in [2.05, 4.69) is 0 Å². The lowest BCUT2D eigenvalue weighted by atomic mass is 9.94. The van der Waals surface area contributed by atoms with Gasteiger partial charge in [-0.25, -0.2) is 9.69 Å². The lowest BCUT2D eigenvalue weighted by molar-refractivity contribution is 0.0227. The number of carbonyl (C=O) groups is 5. The number of hydrogen-bond donors (Lipinski definition) is 0. The molecule has 1 saturated carbocycles. The Morgan fingerprint density at radius 2 is 1.38 bits per heavy atom. The maximum Gasteiger partial charge on any atom is 0.339 e. The molecule has 5 rings (SSSR count). The van der Waals surface area contributed by atoms with E-state index in [1.807, 2.05) is 0 Å². The van der Waals surface area contributed by atoms with Gasteiger partial charge in [-0.05, 0) is 43.2 Å². The largest absolute Gasteiger partial charge is 0.440 e. The molecule has 0 saturated heterocycles. The van der Waals surface area contributed by atoms with E-state index in [4.69, 9.17) is 4.74 Å². The number of nitrogens with zero attached hydrogens (tertiary/aromatic N) is 2. The van der Waals surface area contributed by atoms with E-state index in [0.717, 1.165) is 37.0 Å². The summed E-state index contributed by atoms with van der Waals surface area (Å²) in [6.45, 7) is -0.538. The van der Waals surface area contributed by atoms with Crippen LogP contribution < -0.4 is 0 Å². The molecular formula is C24H20N2O6. The molecule has 0 unspecified atom stereocenters. The summed E-state index contributed by atoms with van der Waals surface area (Å²) in [6, 6.07) is 10.5. The fourth-order valence-corrected chi connectivity index (χ4v) is 4.62. The van der Waals surface area contributed by atoms with Crippen molar-refractivity contribution in [3.8, 4) is 0 Å². The van der Waals surface area contributed by atoms with Gasteiger partial charge in [0.15, 0.2) is 6.73 Å². The van der Waals surface area contributed by atoms with Crippen LogP contribution in [0.2, 0.25) is 0 Å². The monoisotopic (exact) mass is 432 g/mol. The van der Waals surface area contributed by atoms with Gasteiger partial charge >= 0.3 is 5.97 Å². The third kappa shape index (κ3) is 3.10. The van der Waals surface area contributed by atoms with E-state index in [-0.39, 0.29) is 39.8 Å². The van der Waals surface area contributed by atoms with Gasteiger partial charge < -0.3 is 4.74 Å². The summed E-state index contributed by atoms with van der Waals surface area (Å²) < 4.78 is 5.18. The van der Waals surface area contributed by atoms with Crippen LogP contribution in [0.4, 0.5) is 0 Å². The summed E-state index contributed by atoms with van der Waals surface area (Å²) in [7, 11) is 0. The molecule has 8 nitrogen and oxygen atoms in total. The summed E-state index contributed by atoms with van der Waals surface area (Å²) in [4.78, 5) is 65.2. The smallest absolute Gasteiger partial charge is 0.339 e. The van der Waals surface area contributed by atoms with E-state index in [0.29, 0.717) is 0 Å². The molecule has 3 aliphatic rings. The van der Waals surface area contributed by atoms with Crippen molar-refractivity contribution in [2.75, 3.05) is 6.73 Å². The third-order valence-corrected chi connectivity index (χ3v) is 6.30. The lowest BCUT2D eigenvalue weighted by Gasteiger charge is -2.29. The zero-order valence-corrected chi connectivity index (χ0v) is 17.2. The van der Waals surface area contributed by atoms with Crippen LogP contribution in [-0.4, -0.2) is 52.2 Å². The molecule has 0 spiro atoms. The second-order valence-corrected chi connectivity index (χ2v) is 8.18. The van der Waals surface area contributed by atoms with Gasteiger partial charge in [0.05, 0.1) is 27.8 Å².